The van der Waals surface area contributed by atoms with Crippen LogP contribution in [0.5, 0.6) is 11.5 Å². The fraction of sp³-hybridized carbons (Fsp3) is 0.364. The molecule has 0 aliphatic heterocycles. The lowest BCUT2D eigenvalue weighted by Crippen LogP contribution is -2.62. The van der Waals surface area contributed by atoms with Crippen LogP contribution in [0, 0.1) is 12.7 Å². The van der Waals surface area contributed by atoms with Gasteiger partial charge in [-0.2, -0.15) is 0 Å². The number of nitrogens with one attached hydrogen (secondary N) is 2. The molecule has 3 aromatic rings. The van der Waals surface area contributed by atoms with E-state index in [-0.39, 0.29) is 17.7 Å². The summed E-state index contributed by atoms with van der Waals surface area (Å²) in [4.78, 5) is 19.0. The molecule has 7 nitrogen and oxygen atoms in total. The number of hydrogen-bond donors (Lipinski definition) is 4. The maximum Gasteiger partial charge on any atom is 0.237 e. The molecule has 2 aromatic heterocycles. The van der Waals surface area contributed by atoms with Gasteiger partial charge in [0.25, 0.3) is 0 Å². The monoisotopic (exact) mass is 411 g/mol. The molecule has 30 heavy (non-hydrogen) atoms. The number of carbonyl (C=O) groups excluding carboxylic acids is 1. The van der Waals surface area contributed by atoms with Gasteiger partial charge in [-0.05, 0) is 61.9 Å². The molecule has 0 spiro atoms. The van der Waals surface area contributed by atoms with Crippen molar-refractivity contribution in [3.05, 3.63) is 53.6 Å². The first-order valence-corrected chi connectivity index (χ1v) is 10.1. The molecular formula is C22H26FN5O2. The van der Waals surface area contributed by atoms with Gasteiger partial charge in [0.1, 0.15) is 11.4 Å². The number of hydrogen-bond acceptors (Lipinski definition) is 5. The summed E-state index contributed by atoms with van der Waals surface area (Å²) in [6, 6.07) is 6.29. The minimum atomic E-state index is -0.632. The van der Waals surface area contributed by atoms with Gasteiger partial charge in [-0.15, -0.1) is 0 Å². The van der Waals surface area contributed by atoms with Gasteiger partial charge in [0, 0.05) is 25.0 Å². The summed E-state index contributed by atoms with van der Waals surface area (Å²) in [6.07, 6.45) is 6.37. The summed E-state index contributed by atoms with van der Waals surface area (Å²) in [5, 5.41) is 4.03. The molecule has 1 aliphatic carbocycles. The van der Waals surface area contributed by atoms with Crippen molar-refractivity contribution in [3.63, 3.8) is 0 Å². The van der Waals surface area contributed by atoms with Gasteiger partial charge in [0.05, 0.1) is 10.9 Å². The Labute approximate surface area is 174 Å². The van der Waals surface area contributed by atoms with Crippen LogP contribution >= 0.6 is 0 Å². The third-order valence-corrected chi connectivity index (χ3v) is 5.83. The van der Waals surface area contributed by atoms with Crippen LogP contribution in [0.15, 0.2) is 36.7 Å². The van der Waals surface area contributed by atoms with Gasteiger partial charge >= 0.3 is 0 Å². The van der Waals surface area contributed by atoms with Crippen LogP contribution in [0.4, 0.5) is 4.39 Å². The molecule has 2 heterocycles. The van der Waals surface area contributed by atoms with Gasteiger partial charge in [0.2, 0.25) is 5.91 Å². The smallest absolute Gasteiger partial charge is 0.237 e. The third-order valence-electron chi connectivity index (χ3n) is 5.83. The Balaban J connectivity index is 1.42. The van der Waals surface area contributed by atoms with Crippen LogP contribution in [0.1, 0.15) is 30.4 Å². The Morgan fingerprint density at radius 2 is 2.17 bits per heavy atom. The van der Waals surface area contributed by atoms with Crippen LogP contribution in [0.2, 0.25) is 0 Å². The van der Waals surface area contributed by atoms with E-state index in [4.69, 9.17) is 16.2 Å². The normalized spacial score (nSPS) is 16.2. The number of aryl methyl sites for hydroxylation is 1. The summed E-state index contributed by atoms with van der Waals surface area (Å²) in [5.74, 6) is -0.112. The number of aromatic nitrogens is 2. The van der Waals surface area contributed by atoms with Crippen LogP contribution < -0.4 is 21.5 Å². The molecule has 158 valence electrons. The van der Waals surface area contributed by atoms with Crippen LogP contribution in [-0.4, -0.2) is 34.0 Å². The number of halogens is 1. The molecule has 0 unspecified atom stereocenters. The van der Waals surface area contributed by atoms with E-state index in [0.717, 1.165) is 35.8 Å². The quantitative estimate of drug-likeness (QED) is 0.454. The molecule has 0 radical (unpaired) electrons. The minimum absolute atomic E-state index is 0.140. The van der Waals surface area contributed by atoms with E-state index in [1.165, 1.54) is 6.07 Å². The zero-order valence-corrected chi connectivity index (χ0v) is 16.9. The fourth-order valence-electron chi connectivity index (χ4n) is 3.88. The Kier molecular flexibility index (Phi) is 5.44. The SMILES string of the molecule is Cc1c[nH]c2nccc(Oc3ccc(C[C@H](N)CNC4(C(N)=O)CCC4)cc3F)c12. The molecule has 1 amide bonds. The summed E-state index contributed by atoms with van der Waals surface area (Å²) in [5.41, 5.74) is 13.5. The van der Waals surface area contributed by atoms with Gasteiger partial charge < -0.3 is 26.5 Å². The highest BCUT2D eigenvalue weighted by molar-refractivity contribution is 5.86. The summed E-state index contributed by atoms with van der Waals surface area (Å²) < 4.78 is 20.5. The molecule has 8 heteroatoms. The third kappa shape index (κ3) is 3.88. The highest BCUT2D eigenvalue weighted by atomic mass is 19.1. The van der Waals surface area contributed by atoms with Crippen molar-refractivity contribution in [1.29, 1.82) is 0 Å². The maximum absolute atomic E-state index is 14.7. The molecule has 1 fully saturated rings. The van der Waals surface area contributed by atoms with Gasteiger partial charge in [-0.25, -0.2) is 9.37 Å². The second-order valence-electron chi connectivity index (χ2n) is 8.02. The molecule has 1 aromatic carbocycles. The van der Waals surface area contributed by atoms with Crippen molar-refractivity contribution in [2.24, 2.45) is 11.5 Å². The Morgan fingerprint density at radius 1 is 1.37 bits per heavy atom. The number of fused-ring (bicyclic) bond motifs is 1. The maximum atomic E-state index is 14.7. The molecule has 1 saturated carbocycles. The molecule has 4 rings (SSSR count). The first kappa shape index (κ1) is 20.3. The Hall–Kier alpha value is -2.97. The van der Waals surface area contributed by atoms with E-state index in [2.05, 4.69) is 15.3 Å². The number of pyridine rings is 1. The summed E-state index contributed by atoms with van der Waals surface area (Å²) in [7, 11) is 0. The minimum Gasteiger partial charge on any atom is -0.453 e. The first-order valence-electron chi connectivity index (χ1n) is 10.1. The van der Waals surface area contributed by atoms with Crippen LogP contribution in [0.3, 0.4) is 0 Å². The second kappa shape index (κ2) is 8.04. The number of rotatable bonds is 8. The van der Waals surface area contributed by atoms with Crippen molar-refractivity contribution in [2.45, 2.75) is 44.2 Å². The van der Waals surface area contributed by atoms with E-state index in [9.17, 15) is 9.18 Å². The topological polar surface area (TPSA) is 119 Å². The van der Waals surface area contributed by atoms with Crippen molar-refractivity contribution < 1.29 is 13.9 Å². The van der Waals surface area contributed by atoms with E-state index in [0.29, 0.717) is 24.4 Å². The highest BCUT2D eigenvalue weighted by Gasteiger charge is 2.42. The van der Waals surface area contributed by atoms with E-state index in [1.54, 1.807) is 24.4 Å². The van der Waals surface area contributed by atoms with Crippen LogP contribution in [0.25, 0.3) is 11.0 Å². The van der Waals surface area contributed by atoms with Crippen molar-refractivity contribution in [1.82, 2.24) is 15.3 Å². The lowest BCUT2D eigenvalue weighted by molar-refractivity contribution is -0.127. The predicted octanol–water partition coefficient (Wildman–Crippen LogP) is 2.67. The average Bonchev–Trinajstić information content (AvgIpc) is 3.05. The van der Waals surface area contributed by atoms with Crippen molar-refractivity contribution in [3.8, 4) is 11.5 Å². The first-order chi connectivity index (χ1) is 14.4. The number of aromatic amines is 1. The molecule has 1 atom stereocenters. The Morgan fingerprint density at radius 3 is 2.83 bits per heavy atom. The number of benzene rings is 1. The van der Waals surface area contributed by atoms with Gasteiger partial charge in [-0.3, -0.25) is 4.79 Å². The number of nitrogens with two attached hydrogens (primary N) is 2. The number of H-pyrrole nitrogens is 1. The Bertz CT molecular complexity index is 1080. The number of nitrogens with zero attached hydrogens (tertiary/aromatic N) is 1. The van der Waals surface area contributed by atoms with E-state index >= 15 is 0 Å². The molecule has 1 aliphatic rings. The summed E-state index contributed by atoms with van der Waals surface area (Å²) in [6.45, 7) is 2.37. The second-order valence-corrected chi connectivity index (χ2v) is 8.02. The molecule has 0 saturated heterocycles. The zero-order chi connectivity index (χ0) is 21.3. The predicted molar refractivity (Wildman–Crippen MR) is 113 cm³/mol. The zero-order valence-electron chi connectivity index (χ0n) is 16.9. The lowest BCUT2D eigenvalue weighted by Gasteiger charge is -2.40. The molecule has 0 bridgehead atoms. The number of primary amides is 1. The average molecular weight is 411 g/mol. The van der Waals surface area contributed by atoms with Crippen molar-refractivity contribution in [2.75, 3.05) is 6.54 Å². The van der Waals surface area contributed by atoms with Crippen LogP contribution in [-0.2, 0) is 11.2 Å². The van der Waals surface area contributed by atoms with E-state index < -0.39 is 11.4 Å². The highest BCUT2D eigenvalue weighted by Crippen LogP contribution is 2.33. The van der Waals surface area contributed by atoms with Gasteiger partial charge in [0.15, 0.2) is 11.6 Å². The molecular weight excluding hydrogens is 385 g/mol. The standard InChI is InChI=1S/C22H26FN5O2/c1-13-11-27-20-19(13)18(5-8-26-20)30-17-4-3-14(10-16(17)23)9-15(24)12-28-22(21(25)29)6-2-7-22/h3-5,8,10-11,15,28H,2,6-7,9,12,24H2,1H3,(H2,25,29)(H,26,27)/t15-/m0/s1. The fourth-order valence-corrected chi connectivity index (χ4v) is 3.88. The van der Waals surface area contributed by atoms with E-state index in [1.807, 2.05) is 13.1 Å². The summed E-state index contributed by atoms with van der Waals surface area (Å²) >= 11 is 0. The number of carbonyl (C=O) groups is 1. The number of amides is 1. The van der Waals surface area contributed by atoms with Crippen molar-refractivity contribution >= 4 is 16.9 Å². The molecule has 6 N–H and O–H groups in total. The van der Waals surface area contributed by atoms with Gasteiger partial charge in [-0.1, -0.05) is 6.07 Å². The largest absolute Gasteiger partial charge is 0.453 e. The number of ether oxygens (including phenoxy) is 1. The lowest BCUT2D eigenvalue weighted by atomic mass is 9.76.